The van der Waals surface area contributed by atoms with Gasteiger partial charge in [-0.05, 0) is 38.1 Å². The first-order chi connectivity index (χ1) is 8.26. The molecule has 0 fully saturated rings. The minimum atomic E-state index is 0.570. The van der Waals surface area contributed by atoms with Crippen LogP contribution in [0.2, 0.25) is 0 Å². The topological polar surface area (TPSA) is 55.3 Å². The Morgan fingerprint density at radius 2 is 1.82 bits per heavy atom. The van der Waals surface area contributed by atoms with Crippen molar-refractivity contribution in [2.24, 2.45) is 0 Å². The molecule has 90 valence electrons. The zero-order valence-corrected chi connectivity index (χ0v) is 10.2. The van der Waals surface area contributed by atoms with Crippen molar-refractivity contribution in [2.45, 2.75) is 13.8 Å². The number of aromatic nitrogens is 1. The summed E-state index contributed by atoms with van der Waals surface area (Å²) in [6, 6.07) is 8.16. The zero-order valence-electron chi connectivity index (χ0n) is 10.2. The van der Waals surface area contributed by atoms with E-state index in [1.807, 2.05) is 12.1 Å². The Bertz CT molecular complexity index is 472. The van der Waals surface area contributed by atoms with E-state index in [4.69, 9.17) is 10.3 Å². The highest BCUT2D eigenvalue weighted by Gasteiger charge is 2.08. The minimum absolute atomic E-state index is 0.570. The Hall–Kier alpha value is -1.97. The molecule has 17 heavy (non-hydrogen) atoms. The second kappa shape index (κ2) is 4.91. The van der Waals surface area contributed by atoms with Gasteiger partial charge in [-0.1, -0.05) is 5.16 Å². The predicted molar refractivity (Wildman–Crippen MR) is 69.9 cm³/mol. The largest absolute Gasteiger partial charge is 0.394 e. The lowest BCUT2D eigenvalue weighted by Gasteiger charge is -2.20. The number of anilines is 2. The fourth-order valence-corrected chi connectivity index (χ4v) is 1.88. The third-order valence-corrected chi connectivity index (χ3v) is 2.86. The third-order valence-electron chi connectivity index (χ3n) is 2.86. The summed E-state index contributed by atoms with van der Waals surface area (Å²) in [5.74, 6) is 0.635. The summed E-state index contributed by atoms with van der Waals surface area (Å²) in [5, 5.41) is 3.68. The van der Waals surface area contributed by atoms with Crippen molar-refractivity contribution in [1.29, 1.82) is 0 Å². The molecular weight excluding hydrogens is 214 g/mol. The van der Waals surface area contributed by atoms with Gasteiger partial charge in [0, 0.05) is 24.3 Å². The van der Waals surface area contributed by atoms with Crippen LogP contribution in [0.5, 0.6) is 0 Å². The molecule has 0 aliphatic carbocycles. The highest BCUT2D eigenvalue weighted by Crippen LogP contribution is 2.27. The quantitative estimate of drug-likeness (QED) is 0.879. The lowest BCUT2D eigenvalue weighted by Crippen LogP contribution is -2.21. The Balaban J connectivity index is 2.27. The SMILES string of the molecule is CCN(CC)c1ccc(-c2oncc2N)cc1. The van der Waals surface area contributed by atoms with Crippen LogP contribution in [0.15, 0.2) is 35.0 Å². The molecule has 0 bridgehead atoms. The van der Waals surface area contributed by atoms with Crippen molar-refractivity contribution >= 4 is 11.4 Å². The molecule has 0 saturated heterocycles. The van der Waals surface area contributed by atoms with E-state index in [0.717, 1.165) is 18.7 Å². The number of hydrogen-bond donors (Lipinski definition) is 1. The van der Waals surface area contributed by atoms with Gasteiger partial charge in [0.2, 0.25) is 0 Å². The molecule has 2 rings (SSSR count). The molecule has 4 heteroatoms. The lowest BCUT2D eigenvalue weighted by atomic mass is 10.1. The van der Waals surface area contributed by atoms with Gasteiger partial charge < -0.3 is 15.2 Å². The Labute approximate surface area is 101 Å². The smallest absolute Gasteiger partial charge is 0.189 e. The average Bonchev–Trinajstić information content (AvgIpc) is 2.78. The molecule has 4 nitrogen and oxygen atoms in total. The maximum atomic E-state index is 5.76. The molecule has 0 aliphatic heterocycles. The number of nitrogens with two attached hydrogens (primary N) is 1. The molecule has 1 aromatic heterocycles. The molecule has 2 N–H and O–H groups in total. The van der Waals surface area contributed by atoms with E-state index in [9.17, 15) is 0 Å². The molecule has 0 spiro atoms. The van der Waals surface area contributed by atoms with Gasteiger partial charge in [0.1, 0.15) is 5.69 Å². The number of rotatable bonds is 4. The van der Waals surface area contributed by atoms with E-state index >= 15 is 0 Å². The molecule has 0 saturated carbocycles. The highest BCUT2D eigenvalue weighted by atomic mass is 16.5. The summed E-state index contributed by atoms with van der Waals surface area (Å²) >= 11 is 0. The second-order valence-corrected chi connectivity index (χ2v) is 3.83. The summed E-state index contributed by atoms with van der Waals surface area (Å²) in [6.07, 6.45) is 1.52. The minimum Gasteiger partial charge on any atom is -0.394 e. The predicted octanol–water partition coefficient (Wildman–Crippen LogP) is 2.77. The van der Waals surface area contributed by atoms with Gasteiger partial charge in [0.05, 0.1) is 6.20 Å². The van der Waals surface area contributed by atoms with Crippen LogP contribution in [-0.2, 0) is 0 Å². The van der Waals surface area contributed by atoms with Gasteiger partial charge >= 0.3 is 0 Å². The van der Waals surface area contributed by atoms with Crippen LogP contribution in [0.3, 0.4) is 0 Å². The van der Waals surface area contributed by atoms with E-state index in [2.05, 4.69) is 36.0 Å². The normalized spacial score (nSPS) is 10.5. The van der Waals surface area contributed by atoms with Crippen molar-refractivity contribution in [1.82, 2.24) is 5.16 Å². The Kier molecular flexibility index (Phi) is 3.32. The van der Waals surface area contributed by atoms with Gasteiger partial charge in [-0.15, -0.1) is 0 Å². The molecule has 0 amide bonds. The van der Waals surface area contributed by atoms with Crippen molar-refractivity contribution in [3.8, 4) is 11.3 Å². The molecule has 2 aromatic rings. The fraction of sp³-hybridized carbons (Fsp3) is 0.308. The average molecular weight is 231 g/mol. The third kappa shape index (κ3) is 2.25. The van der Waals surface area contributed by atoms with Crippen LogP contribution in [0.25, 0.3) is 11.3 Å². The summed E-state index contributed by atoms with van der Waals surface area (Å²) in [6.45, 7) is 6.29. The van der Waals surface area contributed by atoms with Gasteiger partial charge in [-0.3, -0.25) is 0 Å². The number of nitrogen functional groups attached to an aromatic ring is 1. The van der Waals surface area contributed by atoms with Crippen molar-refractivity contribution in [3.05, 3.63) is 30.5 Å². The van der Waals surface area contributed by atoms with E-state index in [-0.39, 0.29) is 0 Å². The van der Waals surface area contributed by atoms with Crippen LogP contribution in [0, 0.1) is 0 Å². The maximum Gasteiger partial charge on any atom is 0.189 e. The van der Waals surface area contributed by atoms with Gasteiger partial charge in [0.25, 0.3) is 0 Å². The van der Waals surface area contributed by atoms with Crippen LogP contribution in [0.4, 0.5) is 11.4 Å². The Morgan fingerprint density at radius 1 is 1.18 bits per heavy atom. The van der Waals surface area contributed by atoms with Crippen LogP contribution in [-0.4, -0.2) is 18.2 Å². The van der Waals surface area contributed by atoms with Crippen LogP contribution >= 0.6 is 0 Å². The number of hydrogen-bond acceptors (Lipinski definition) is 4. The van der Waals surface area contributed by atoms with Crippen LogP contribution < -0.4 is 10.6 Å². The van der Waals surface area contributed by atoms with Gasteiger partial charge in [-0.2, -0.15) is 0 Å². The molecular formula is C13H17N3O. The molecule has 1 aromatic carbocycles. The summed E-state index contributed by atoms with van der Waals surface area (Å²) in [5.41, 5.74) is 8.49. The monoisotopic (exact) mass is 231 g/mol. The molecule has 0 unspecified atom stereocenters. The first-order valence-electron chi connectivity index (χ1n) is 5.81. The summed E-state index contributed by atoms with van der Waals surface area (Å²) in [4.78, 5) is 2.29. The second-order valence-electron chi connectivity index (χ2n) is 3.83. The Morgan fingerprint density at radius 3 is 2.29 bits per heavy atom. The zero-order chi connectivity index (χ0) is 12.3. The molecule has 0 atom stereocenters. The van der Waals surface area contributed by atoms with Crippen molar-refractivity contribution in [3.63, 3.8) is 0 Å². The summed E-state index contributed by atoms with van der Waals surface area (Å²) < 4.78 is 5.11. The van der Waals surface area contributed by atoms with Gasteiger partial charge in [0.15, 0.2) is 5.76 Å². The van der Waals surface area contributed by atoms with Crippen molar-refractivity contribution in [2.75, 3.05) is 23.7 Å². The van der Waals surface area contributed by atoms with Gasteiger partial charge in [-0.25, -0.2) is 0 Å². The van der Waals surface area contributed by atoms with E-state index in [0.29, 0.717) is 11.4 Å². The lowest BCUT2D eigenvalue weighted by molar-refractivity contribution is 0.432. The number of benzene rings is 1. The first kappa shape index (κ1) is 11.5. The summed E-state index contributed by atoms with van der Waals surface area (Å²) in [7, 11) is 0. The van der Waals surface area contributed by atoms with E-state index < -0.39 is 0 Å². The highest BCUT2D eigenvalue weighted by molar-refractivity contribution is 5.71. The molecule has 1 heterocycles. The van der Waals surface area contributed by atoms with Crippen molar-refractivity contribution < 1.29 is 4.52 Å². The maximum absolute atomic E-state index is 5.76. The van der Waals surface area contributed by atoms with E-state index in [1.54, 1.807) is 0 Å². The standard InChI is InChI=1S/C13H17N3O/c1-3-16(4-2)11-7-5-10(6-8-11)13-12(14)9-15-17-13/h5-9H,3-4,14H2,1-2H3. The molecule has 0 aliphatic rings. The fourth-order valence-electron chi connectivity index (χ4n) is 1.88. The molecule has 0 radical (unpaired) electrons. The van der Waals surface area contributed by atoms with Crippen LogP contribution in [0.1, 0.15) is 13.8 Å². The number of nitrogens with zero attached hydrogens (tertiary/aromatic N) is 2. The first-order valence-corrected chi connectivity index (χ1v) is 5.81. The van der Waals surface area contributed by atoms with E-state index in [1.165, 1.54) is 11.9 Å².